The van der Waals surface area contributed by atoms with E-state index in [1.165, 1.54) is 12.8 Å². The predicted octanol–water partition coefficient (Wildman–Crippen LogP) is 3.48. The van der Waals surface area contributed by atoms with Crippen LogP contribution in [0.1, 0.15) is 38.5 Å². The van der Waals surface area contributed by atoms with Gasteiger partial charge in [0.05, 0.1) is 23.9 Å². The highest BCUT2D eigenvalue weighted by Crippen LogP contribution is 2.39. The lowest BCUT2D eigenvalue weighted by molar-refractivity contribution is 0.0890. The molecule has 0 radical (unpaired) electrons. The molecule has 4 aliphatic rings. The molecule has 12 heteroatoms. The number of ether oxygens (including phenoxy) is 2. The topological polar surface area (TPSA) is 109 Å². The molecule has 38 heavy (non-hydrogen) atoms. The summed E-state index contributed by atoms with van der Waals surface area (Å²) in [6.45, 7) is 12.2. The number of imidazole rings is 1. The van der Waals surface area contributed by atoms with E-state index in [2.05, 4.69) is 29.4 Å². The second-order valence-electron chi connectivity index (χ2n) is 12.8. The first-order valence-corrected chi connectivity index (χ1v) is 17.9. The number of hydrogen-bond donors (Lipinski definition) is 1. The third kappa shape index (κ3) is 4.86. The number of carboxylic acid groups (broad SMARTS) is 1. The van der Waals surface area contributed by atoms with Crippen molar-refractivity contribution in [3.8, 4) is 6.01 Å². The molecule has 0 spiro atoms. The van der Waals surface area contributed by atoms with Gasteiger partial charge < -0.3 is 19.5 Å². The minimum absolute atomic E-state index is 0.0305. The molecule has 208 valence electrons. The third-order valence-corrected chi connectivity index (χ3v) is 10.6. The van der Waals surface area contributed by atoms with Gasteiger partial charge >= 0.3 is 12.1 Å². The van der Waals surface area contributed by atoms with Crippen molar-refractivity contribution in [2.45, 2.75) is 88.6 Å². The predicted molar refractivity (Wildman–Crippen MR) is 147 cm³/mol. The highest BCUT2D eigenvalue weighted by atomic mass is 28.3. The van der Waals surface area contributed by atoms with Crippen LogP contribution in [0.15, 0.2) is 6.33 Å². The molecular weight excluding hydrogens is 502 g/mol. The summed E-state index contributed by atoms with van der Waals surface area (Å²) in [6.07, 6.45) is 7.45. The Morgan fingerprint density at radius 2 is 1.84 bits per heavy atom. The number of carbonyl (C=O) groups is 1. The molecule has 2 aromatic rings. The molecular formula is C26H41N7O4Si. The minimum Gasteiger partial charge on any atom is -0.465 e. The number of aromatic nitrogens is 4. The number of hydrogen-bond acceptors (Lipinski definition) is 8. The standard InChI is InChI=1S/C26H41N7O4Si/c1-38(2,3)13-12-36-18-31-17-27-21-22(30-14-19-6-7-20(15-30)33(19)25(34)35)28-24(29-23(21)31)37-16-26-8-4-10-32(26)11-5-9-26/h17,19-20H,4-16,18H2,1-3H3,(H,34,35). The Hall–Kier alpha value is -2.44. The van der Waals surface area contributed by atoms with Gasteiger partial charge in [0.25, 0.3) is 0 Å². The van der Waals surface area contributed by atoms with Gasteiger partial charge in [0, 0.05) is 27.8 Å². The normalized spacial score (nSPS) is 24.9. The molecule has 4 saturated heterocycles. The molecule has 2 unspecified atom stereocenters. The highest BCUT2D eigenvalue weighted by molar-refractivity contribution is 6.76. The van der Waals surface area contributed by atoms with Gasteiger partial charge in [-0.2, -0.15) is 9.97 Å². The number of amides is 1. The first-order valence-electron chi connectivity index (χ1n) is 14.2. The van der Waals surface area contributed by atoms with E-state index in [-0.39, 0.29) is 17.6 Å². The monoisotopic (exact) mass is 543 g/mol. The average molecular weight is 544 g/mol. The maximum atomic E-state index is 11.8. The van der Waals surface area contributed by atoms with Gasteiger partial charge in [-0.1, -0.05) is 19.6 Å². The van der Waals surface area contributed by atoms with Crippen molar-refractivity contribution >= 4 is 31.1 Å². The van der Waals surface area contributed by atoms with E-state index < -0.39 is 14.2 Å². The molecule has 6 heterocycles. The third-order valence-electron chi connectivity index (χ3n) is 8.94. The summed E-state index contributed by atoms with van der Waals surface area (Å²) in [5.41, 5.74) is 1.53. The first-order chi connectivity index (χ1) is 18.2. The first kappa shape index (κ1) is 25.8. The lowest BCUT2D eigenvalue weighted by Gasteiger charge is -2.40. The fourth-order valence-electron chi connectivity index (χ4n) is 6.88. The molecule has 1 N–H and O–H groups in total. The number of fused-ring (bicyclic) bond motifs is 4. The van der Waals surface area contributed by atoms with Crippen LogP contribution >= 0.6 is 0 Å². The van der Waals surface area contributed by atoms with E-state index in [4.69, 9.17) is 24.4 Å². The molecule has 0 aliphatic carbocycles. The van der Waals surface area contributed by atoms with Crippen LogP contribution in [0.5, 0.6) is 6.01 Å². The van der Waals surface area contributed by atoms with Crippen LogP contribution in [0.4, 0.5) is 10.6 Å². The van der Waals surface area contributed by atoms with Gasteiger partial charge in [0.15, 0.2) is 17.0 Å². The zero-order valence-electron chi connectivity index (χ0n) is 22.9. The number of anilines is 1. The largest absolute Gasteiger partial charge is 0.465 e. The Morgan fingerprint density at radius 3 is 2.50 bits per heavy atom. The van der Waals surface area contributed by atoms with Crippen LogP contribution in [0.3, 0.4) is 0 Å². The van der Waals surface area contributed by atoms with Crippen molar-refractivity contribution in [3.63, 3.8) is 0 Å². The van der Waals surface area contributed by atoms with E-state index in [0.29, 0.717) is 38.1 Å². The van der Waals surface area contributed by atoms with E-state index in [0.717, 1.165) is 62.8 Å². The quantitative estimate of drug-likeness (QED) is 0.375. The van der Waals surface area contributed by atoms with Crippen molar-refractivity contribution in [1.29, 1.82) is 0 Å². The number of nitrogens with zero attached hydrogens (tertiary/aromatic N) is 7. The maximum Gasteiger partial charge on any atom is 0.407 e. The molecule has 2 aromatic heterocycles. The lowest BCUT2D eigenvalue weighted by Crippen LogP contribution is -2.55. The molecule has 2 bridgehead atoms. The van der Waals surface area contributed by atoms with E-state index >= 15 is 0 Å². The second-order valence-corrected chi connectivity index (χ2v) is 18.4. The Balaban J connectivity index is 1.27. The van der Waals surface area contributed by atoms with Gasteiger partial charge in [-0.25, -0.2) is 9.78 Å². The molecule has 4 aliphatic heterocycles. The molecule has 4 fully saturated rings. The fraction of sp³-hybridized carbons (Fsp3) is 0.769. The van der Waals surface area contributed by atoms with Crippen molar-refractivity contribution in [2.75, 3.05) is 44.3 Å². The zero-order valence-corrected chi connectivity index (χ0v) is 23.9. The van der Waals surface area contributed by atoms with Gasteiger partial charge in [0.2, 0.25) is 0 Å². The van der Waals surface area contributed by atoms with Crippen molar-refractivity contribution in [2.24, 2.45) is 0 Å². The smallest absolute Gasteiger partial charge is 0.407 e. The molecule has 6 rings (SSSR count). The van der Waals surface area contributed by atoms with E-state index in [1.54, 1.807) is 11.2 Å². The zero-order chi connectivity index (χ0) is 26.5. The summed E-state index contributed by atoms with van der Waals surface area (Å²) < 4.78 is 14.4. The number of piperazine rings is 1. The summed E-state index contributed by atoms with van der Waals surface area (Å²) in [7, 11) is -1.18. The summed E-state index contributed by atoms with van der Waals surface area (Å²) in [4.78, 5) is 32.7. The van der Waals surface area contributed by atoms with E-state index in [1.807, 2.05) is 4.57 Å². The van der Waals surface area contributed by atoms with Gasteiger partial charge in [-0.15, -0.1) is 0 Å². The Labute approximate surface area is 225 Å². The molecule has 2 atom stereocenters. The molecule has 0 saturated carbocycles. The van der Waals surface area contributed by atoms with Crippen molar-refractivity contribution < 1.29 is 19.4 Å². The Kier molecular flexibility index (Phi) is 6.76. The van der Waals surface area contributed by atoms with Gasteiger partial charge in [-0.3, -0.25) is 14.4 Å². The number of rotatable bonds is 9. The Morgan fingerprint density at radius 1 is 1.13 bits per heavy atom. The van der Waals surface area contributed by atoms with E-state index in [9.17, 15) is 9.90 Å². The summed E-state index contributed by atoms with van der Waals surface area (Å²) in [5.74, 6) is 0.736. The summed E-state index contributed by atoms with van der Waals surface area (Å²) in [5, 5.41) is 9.73. The average Bonchev–Trinajstić information content (AvgIpc) is 3.61. The Bertz CT molecular complexity index is 1160. The molecule has 1 amide bonds. The van der Waals surface area contributed by atoms with Crippen LogP contribution in [-0.2, 0) is 11.5 Å². The summed E-state index contributed by atoms with van der Waals surface area (Å²) in [6, 6.07) is 1.41. The van der Waals surface area contributed by atoms with Crippen LogP contribution in [0, 0.1) is 0 Å². The van der Waals surface area contributed by atoms with Gasteiger partial charge in [0.1, 0.15) is 13.3 Å². The second kappa shape index (κ2) is 9.94. The minimum atomic E-state index is -1.18. The van der Waals surface area contributed by atoms with Crippen LogP contribution in [0.2, 0.25) is 25.7 Å². The fourth-order valence-corrected chi connectivity index (χ4v) is 7.64. The maximum absolute atomic E-state index is 11.8. The highest BCUT2D eigenvalue weighted by Gasteiger charge is 2.46. The molecule has 0 aromatic carbocycles. The van der Waals surface area contributed by atoms with Crippen LogP contribution in [0.25, 0.3) is 11.2 Å². The van der Waals surface area contributed by atoms with Crippen LogP contribution in [-0.4, -0.2) is 106 Å². The van der Waals surface area contributed by atoms with Crippen molar-refractivity contribution in [3.05, 3.63) is 6.33 Å². The lowest BCUT2D eigenvalue weighted by atomic mass is 9.95. The van der Waals surface area contributed by atoms with Crippen LogP contribution < -0.4 is 9.64 Å². The van der Waals surface area contributed by atoms with Crippen molar-refractivity contribution in [1.82, 2.24) is 29.3 Å². The van der Waals surface area contributed by atoms with Gasteiger partial charge in [-0.05, 0) is 57.7 Å². The SMILES string of the molecule is C[Si](C)(C)CCOCn1cnc2c(N3CC4CCC(C3)N4C(=O)O)nc(OCC34CCCN3CCC4)nc21. The molecule has 11 nitrogen and oxygen atoms in total. The summed E-state index contributed by atoms with van der Waals surface area (Å²) >= 11 is 0.